The molecule has 2 aliphatic rings. The first-order chi connectivity index (χ1) is 15.2. The molecule has 162 valence electrons. The first-order valence-electron chi connectivity index (χ1n) is 10.4. The number of piperazine rings is 1. The van der Waals surface area contributed by atoms with Crippen molar-refractivity contribution in [3.8, 4) is 6.07 Å². The minimum Gasteiger partial charge on any atom is -0.445 e. The number of hydrogen-bond acceptors (Lipinski definition) is 8. The minimum atomic E-state index is -0.373. The van der Waals surface area contributed by atoms with Crippen LogP contribution in [0, 0.1) is 11.3 Å². The predicted octanol–water partition coefficient (Wildman–Crippen LogP) is 2.59. The van der Waals surface area contributed by atoms with E-state index in [0.717, 1.165) is 41.7 Å². The van der Waals surface area contributed by atoms with Crippen molar-refractivity contribution >= 4 is 23.7 Å². The summed E-state index contributed by atoms with van der Waals surface area (Å²) >= 11 is 1.53. The average Bonchev–Trinajstić information content (AvgIpc) is 2.82. The Hall–Kier alpha value is -2.83. The Kier molecular flexibility index (Phi) is 6.89. The number of nitriles is 1. The van der Waals surface area contributed by atoms with Crippen LogP contribution in [0.15, 0.2) is 35.5 Å². The minimum absolute atomic E-state index is 0.225. The number of amides is 1. The molecule has 1 aromatic heterocycles. The van der Waals surface area contributed by atoms with Crippen LogP contribution in [-0.4, -0.2) is 59.4 Å². The van der Waals surface area contributed by atoms with Gasteiger partial charge in [0.15, 0.2) is 5.16 Å². The number of carbonyl (C=O) groups excluding carboxylic acids is 1. The summed E-state index contributed by atoms with van der Waals surface area (Å²) < 4.78 is 5.53. The number of benzene rings is 1. The van der Waals surface area contributed by atoms with Gasteiger partial charge in [0.1, 0.15) is 12.4 Å². The molecule has 1 saturated heterocycles. The van der Waals surface area contributed by atoms with Crippen molar-refractivity contribution < 1.29 is 9.53 Å². The molecule has 4 rings (SSSR count). The van der Waals surface area contributed by atoms with Gasteiger partial charge in [-0.25, -0.2) is 14.8 Å². The summed E-state index contributed by atoms with van der Waals surface area (Å²) in [5.41, 5.74) is 3.16. The van der Waals surface area contributed by atoms with Crippen molar-refractivity contribution in [3.63, 3.8) is 0 Å². The zero-order chi connectivity index (χ0) is 21.6. The first kappa shape index (κ1) is 21.4. The Morgan fingerprint density at radius 1 is 1.32 bits per heavy atom. The summed E-state index contributed by atoms with van der Waals surface area (Å²) in [4.78, 5) is 26.1. The van der Waals surface area contributed by atoms with Crippen LogP contribution in [0.4, 0.5) is 10.6 Å². The maximum Gasteiger partial charge on any atom is 0.410 e. The van der Waals surface area contributed by atoms with E-state index in [4.69, 9.17) is 9.72 Å². The molecule has 3 heterocycles. The van der Waals surface area contributed by atoms with Gasteiger partial charge in [0.25, 0.3) is 0 Å². The van der Waals surface area contributed by atoms with E-state index in [1.807, 2.05) is 36.6 Å². The van der Waals surface area contributed by atoms with Crippen LogP contribution in [0.25, 0.3) is 0 Å². The molecule has 2 aliphatic heterocycles. The van der Waals surface area contributed by atoms with E-state index in [0.29, 0.717) is 19.6 Å². The van der Waals surface area contributed by atoms with Crippen LogP contribution in [0.2, 0.25) is 0 Å². The van der Waals surface area contributed by atoms with E-state index >= 15 is 0 Å². The zero-order valence-electron chi connectivity index (χ0n) is 17.6. The van der Waals surface area contributed by atoms with Crippen molar-refractivity contribution in [1.82, 2.24) is 20.2 Å². The molecule has 31 heavy (non-hydrogen) atoms. The van der Waals surface area contributed by atoms with Crippen molar-refractivity contribution in [2.45, 2.75) is 37.2 Å². The molecule has 1 unspecified atom stereocenters. The van der Waals surface area contributed by atoms with Crippen LogP contribution in [-0.2, 0) is 24.3 Å². The Balaban J connectivity index is 1.49. The highest BCUT2D eigenvalue weighted by Gasteiger charge is 2.33. The second-order valence-electron chi connectivity index (χ2n) is 7.58. The zero-order valence-corrected chi connectivity index (χ0v) is 18.4. The highest BCUT2D eigenvalue weighted by molar-refractivity contribution is 7.98. The summed E-state index contributed by atoms with van der Waals surface area (Å²) in [5.74, 6) is 0.941. The summed E-state index contributed by atoms with van der Waals surface area (Å²) in [7, 11) is 0. The van der Waals surface area contributed by atoms with E-state index in [9.17, 15) is 10.1 Å². The van der Waals surface area contributed by atoms with Crippen LogP contribution < -0.4 is 10.2 Å². The summed E-state index contributed by atoms with van der Waals surface area (Å²) in [6.07, 6.45) is 2.73. The summed E-state index contributed by atoms with van der Waals surface area (Å²) in [6.45, 7) is 3.56. The van der Waals surface area contributed by atoms with Crippen molar-refractivity contribution in [1.29, 1.82) is 5.26 Å². The van der Waals surface area contributed by atoms with Gasteiger partial charge < -0.3 is 19.9 Å². The maximum absolute atomic E-state index is 12.8. The molecular weight excluding hydrogens is 412 g/mol. The van der Waals surface area contributed by atoms with Crippen LogP contribution in [0.5, 0.6) is 0 Å². The third-order valence-electron chi connectivity index (χ3n) is 5.63. The highest BCUT2D eigenvalue weighted by atomic mass is 32.2. The SMILES string of the molecule is CSc1nc2c(c(N3CCN(C(=O)OCc4ccccc4)C(CC#N)C3)n1)CCNC2. The van der Waals surface area contributed by atoms with Crippen LogP contribution >= 0.6 is 11.8 Å². The molecule has 1 N–H and O–H groups in total. The second kappa shape index (κ2) is 9.98. The summed E-state index contributed by atoms with van der Waals surface area (Å²) in [6, 6.07) is 11.6. The molecule has 0 aliphatic carbocycles. The van der Waals surface area contributed by atoms with Crippen LogP contribution in [0.3, 0.4) is 0 Å². The number of thioether (sulfide) groups is 1. The lowest BCUT2D eigenvalue weighted by atomic mass is 10.0. The van der Waals surface area contributed by atoms with E-state index in [1.165, 1.54) is 17.3 Å². The fourth-order valence-corrected chi connectivity index (χ4v) is 4.42. The third-order valence-corrected chi connectivity index (χ3v) is 6.17. The van der Waals surface area contributed by atoms with E-state index in [1.54, 1.807) is 4.90 Å². The van der Waals surface area contributed by atoms with Gasteiger partial charge in [-0.05, 0) is 24.8 Å². The molecule has 1 aromatic carbocycles. The van der Waals surface area contributed by atoms with Gasteiger partial charge in [0.05, 0.1) is 24.2 Å². The summed E-state index contributed by atoms with van der Waals surface area (Å²) in [5, 5.41) is 13.5. The topological polar surface area (TPSA) is 94.4 Å². The van der Waals surface area contributed by atoms with Gasteiger partial charge in [-0.1, -0.05) is 42.1 Å². The van der Waals surface area contributed by atoms with Crippen LogP contribution in [0.1, 0.15) is 23.2 Å². The Morgan fingerprint density at radius 2 is 2.16 bits per heavy atom. The third kappa shape index (κ3) is 4.92. The smallest absolute Gasteiger partial charge is 0.410 e. The van der Waals surface area contributed by atoms with Gasteiger partial charge in [0, 0.05) is 31.7 Å². The number of carbonyl (C=O) groups is 1. The molecule has 0 saturated carbocycles. The standard InChI is InChI=1S/C22H26N6O2S/c1-31-21-25-19-13-24-10-8-18(19)20(26-21)27-11-12-28(17(14-27)7-9-23)22(29)30-15-16-5-3-2-4-6-16/h2-6,17,24H,7-8,10-15H2,1H3. The Labute approximate surface area is 186 Å². The second-order valence-corrected chi connectivity index (χ2v) is 8.35. The number of anilines is 1. The van der Waals surface area contributed by atoms with E-state index in [-0.39, 0.29) is 25.2 Å². The first-order valence-corrected chi connectivity index (χ1v) is 11.7. The quantitative estimate of drug-likeness (QED) is 0.562. The lowest BCUT2D eigenvalue weighted by Gasteiger charge is -2.41. The van der Waals surface area contributed by atoms with E-state index < -0.39 is 0 Å². The molecule has 1 fully saturated rings. The molecule has 8 nitrogen and oxygen atoms in total. The lowest BCUT2D eigenvalue weighted by molar-refractivity contribution is 0.0768. The van der Waals surface area contributed by atoms with Crippen molar-refractivity contribution in [3.05, 3.63) is 47.2 Å². The van der Waals surface area contributed by atoms with Crippen molar-refractivity contribution in [2.75, 3.05) is 37.3 Å². The van der Waals surface area contributed by atoms with E-state index in [2.05, 4.69) is 21.3 Å². The van der Waals surface area contributed by atoms with Crippen molar-refractivity contribution in [2.24, 2.45) is 0 Å². The number of nitrogens with zero attached hydrogens (tertiary/aromatic N) is 5. The number of hydrogen-bond donors (Lipinski definition) is 1. The number of rotatable bonds is 5. The molecule has 9 heteroatoms. The molecule has 0 bridgehead atoms. The molecule has 0 radical (unpaired) electrons. The predicted molar refractivity (Wildman–Crippen MR) is 119 cm³/mol. The molecule has 0 spiro atoms. The molecular formula is C22H26N6O2S. The monoisotopic (exact) mass is 438 g/mol. The Morgan fingerprint density at radius 3 is 2.94 bits per heavy atom. The molecule has 1 amide bonds. The fourth-order valence-electron chi connectivity index (χ4n) is 4.04. The number of nitrogens with one attached hydrogen (secondary N) is 1. The normalized spacial score (nSPS) is 18.3. The largest absolute Gasteiger partial charge is 0.445 e. The average molecular weight is 439 g/mol. The number of aromatic nitrogens is 2. The highest BCUT2D eigenvalue weighted by Crippen LogP contribution is 2.29. The van der Waals surface area contributed by atoms with Gasteiger partial charge in [0.2, 0.25) is 0 Å². The van der Waals surface area contributed by atoms with Gasteiger partial charge in [-0.15, -0.1) is 0 Å². The van der Waals surface area contributed by atoms with Gasteiger partial charge in [-0.2, -0.15) is 5.26 Å². The van der Waals surface area contributed by atoms with Gasteiger partial charge in [-0.3, -0.25) is 0 Å². The lowest BCUT2D eigenvalue weighted by Crippen LogP contribution is -2.55. The molecule has 2 aromatic rings. The number of fused-ring (bicyclic) bond motifs is 1. The van der Waals surface area contributed by atoms with Gasteiger partial charge >= 0.3 is 6.09 Å². The number of ether oxygens (including phenoxy) is 1. The fraction of sp³-hybridized carbons (Fsp3) is 0.455. The Bertz CT molecular complexity index is 964. The maximum atomic E-state index is 12.8. The molecule has 1 atom stereocenters.